The fourth-order valence-corrected chi connectivity index (χ4v) is 4.37. The number of methoxy groups -OCH3 is 1. The van der Waals surface area contributed by atoms with Gasteiger partial charge in [0, 0.05) is 24.7 Å². The maximum atomic E-state index is 12.7. The summed E-state index contributed by atoms with van der Waals surface area (Å²) in [6.45, 7) is 4.97. The molecule has 7 nitrogen and oxygen atoms in total. The van der Waals surface area contributed by atoms with E-state index in [1.54, 1.807) is 19.2 Å². The highest BCUT2D eigenvalue weighted by Gasteiger charge is 2.20. The average Bonchev–Trinajstić information content (AvgIpc) is 3.17. The van der Waals surface area contributed by atoms with Crippen LogP contribution in [-0.2, 0) is 4.74 Å². The van der Waals surface area contributed by atoms with Crippen LogP contribution in [0.25, 0.3) is 10.2 Å². The highest BCUT2D eigenvalue weighted by atomic mass is 32.1. The summed E-state index contributed by atoms with van der Waals surface area (Å²) in [5.74, 6) is 0.488. The second-order valence-corrected chi connectivity index (χ2v) is 7.95. The fraction of sp³-hybridized carbons (Fsp3) is 0.333. The van der Waals surface area contributed by atoms with Crippen LogP contribution in [0.1, 0.15) is 28.9 Å². The summed E-state index contributed by atoms with van der Waals surface area (Å²) in [6, 6.07) is 11.2. The topological polar surface area (TPSA) is 89.7 Å². The number of anilines is 2. The smallest absolute Gasteiger partial charge is 0.257 e. The van der Waals surface area contributed by atoms with Crippen molar-refractivity contribution in [1.29, 1.82) is 0 Å². The summed E-state index contributed by atoms with van der Waals surface area (Å²) < 4.78 is 11.9. The van der Waals surface area contributed by atoms with E-state index in [0.717, 1.165) is 34.6 Å². The van der Waals surface area contributed by atoms with E-state index in [1.165, 1.54) is 11.3 Å². The quantitative estimate of drug-likeness (QED) is 0.667. The van der Waals surface area contributed by atoms with E-state index >= 15 is 0 Å². The van der Waals surface area contributed by atoms with Crippen LogP contribution in [-0.4, -0.2) is 44.3 Å². The summed E-state index contributed by atoms with van der Waals surface area (Å²) >= 11 is 1.45. The zero-order valence-electron chi connectivity index (χ0n) is 16.5. The van der Waals surface area contributed by atoms with Gasteiger partial charge in [0.2, 0.25) is 0 Å². The van der Waals surface area contributed by atoms with Gasteiger partial charge in [-0.05, 0) is 36.8 Å². The summed E-state index contributed by atoms with van der Waals surface area (Å²) in [5.41, 5.74) is 9.27. The maximum Gasteiger partial charge on any atom is 0.257 e. The molecule has 0 radical (unpaired) electrons. The van der Waals surface area contributed by atoms with Crippen molar-refractivity contribution in [2.75, 3.05) is 43.6 Å². The van der Waals surface area contributed by atoms with Gasteiger partial charge in [-0.3, -0.25) is 10.1 Å². The fourth-order valence-electron chi connectivity index (χ4n) is 3.35. The van der Waals surface area contributed by atoms with Crippen LogP contribution in [0.3, 0.4) is 0 Å². The van der Waals surface area contributed by atoms with Crippen molar-refractivity contribution in [2.24, 2.45) is 5.73 Å². The lowest BCUT2D eigenvalue weighted by atomic mass is 10.1. The molecule has 8 heteroatoms. The van der Waals surface area contributed by atoms with Gasteiger partial charge >= 0.3 is 0 Å². The minimum atomic E-state index is -0.202. The van der Waals surface area contributed by atoms with Crippen LogP contribution in [0.5, 0.6) is 5.75 Å². The van der Waals surface area contributed by atoms with Gasteiger partial charge < -0.3 is 20.1 Å². The van der Waals surface area contributed by atoms with Crippen molar-refractivity contribution in [3.05, 3.63) is 47.5 Å². The number of fused-ring (bicyclic) bond motifs is 1. The molecule has 3 aromatic rings. The Morgan fingerprint density at radius 2 is 1.97 bits per heavy atom. The third-order valence-electron chi connectivity index (χ3n) is 4.98. The van der Waals surface area contributed by atoms with Crippen molar-refractivity contribution in [2.45, 2.75) is 13.0 Å². The molecular weight excluding hydrogens is 388 g/mol. The molecule has 1 atom stereocenters. The Morgan fingerprint density at radius 1 is 1.24 bits per heavy atom. The molecule has 1 amide bonds. The van der Waals surface area contributed by atoms with Gasteiger partial charge in [0.25, 0.3) is 5.91 Å². The standard InChI is InChI=1S/C21H24N4O3S/c1-13(22)14-3-5-15(6-4-14)20(26)24-21-23-18-17(27-2)8-7-16(19(18)29-21)25-9-11-28-12-10-25/h3-8,13H,9-12,22H2,1-2H3,(H,23,24,26). The number of ether oxygens (including phenoxy) is 2. The highest BCUT2D eigenvalue weighted by Crippen LogP contribution is 2.39. The molecule has 2 heterocycles. The highest BCUT2D eigenvalue weighted by molar-refractivity contribution is 7.23. The lowest BCUT2D eigenvalue weighted by Gasteiger charge is -2.29. The Labute approximate surface area is 173 Å². The van der Waals surface area contributed by atoms with Gasteiger partial charge in [0.05, 0.1) is 30.7 Å². The number of nitrogens with one attached hydrogen (secondary N) is 1. The molecule has 1 fully saturated rings. The molecule has 0 spiro atoms. The Balaban J connectivity index is 1.62. The van der Waals surface area contributed by atoms with Gasteiger partial charge in [0.15, 0.2) is 5.13 Å². The number of nitrogens with zero attached hydrogens (tertiary/aromatic N) is 2. The van der Waals surface area contributed by atoms with Crippen molar-refractivity contribution >= 4 is 38.3 Å². The van der Waals surface area contributed by atoms with Crippen molar-refractivity contribution < 1.29 is 14.3 Å². The molecule has 4 rings (SSSR count). The van der Waals surface area contributed by atoms with Gasteiger partial charge in [0.1, 0.15) is 11.3 Å². The first-order chi connectivity index (χ1) is 14.1. The monoisotopic (exact) mass is 412 g/mol. The maximum absolute atomic E-state index is 12.7. The van der Waals surface area contributed by atoms with Crippen LogP contribution in [0.4, 0.5) is 10.8 Å². The SMILES string of the molecule is COc1ccc(N2CCOCC2)c2sc(NC(=O)c3ccc(C(C)N)cc3)nc12. The van der Waals surface area contributed by atoms with Crippen LogP contribution in [0.2, 0.25) is 0 Å². The Morgan fingerprint density at radius 3 is 2.62 bits per heavy atom. The zero-order chi connectivity index (χ0) is 20.4. The Kier molecular flexibility index (Phi) is 5.66. The number of thiazole rings is 1. The number of carbonyl (C=O) groups is 1. The molecule has 0 bridgehead atoms. The molecule has 29 heavy (non-hydrogen) atoms. The van der Waals surface area contributed by atoms with Gasteiger partial charge in [-0.25, -0.2) is 4.98 Å². The first kappa shape index (κ1) is 19.6. The summed E-state index contributed by atoms with van der Waals surface area (Å²) in [6.07, 6.45) is 0. The molecule has 2 aromatic carbocycles. The number of hydrogen-bond acceptors (Lipinski definition) is 7. The largest absolute Gasteiger partial charge is 0.494 e. The van der Waals surface area contributed by atoms with Crippen molar-refractivity contribution in [1.82, 2.24) is 4.98 Å². The van der Waals surface area contributed by atoms with Crippen molar-refractivity contribution in [3.63, 3.8) is 0 Å². The molecule has 1 saturated heterocycles. The number of aromatic nitrogens is 1. The molecule has 1 unspecified atom stereocenters. The molecule has 3 N–H and O–H groups in total. The van der Waals surface area contributed by atoms with E-state index in [0.29, 0.717) is 29.7 Å². The van der Waals surface area contributed by atoms with Crippen LogP contribution >= 0.6 is 11.3 Å². The van der Waals surface area contributed by atoms with Gasteiger partial charge in [-0.15, -0.1) is 0 Å². The second-order valence-electron chi connectivity index (χ2n) is 6.95. The van der Waals surface area contributed by atoms with E-state index in [1.807, 2.05) is 31.2 Å². The molecule has 1 aliphatic heterocycles. The van der Waals surface area contributed by atoms with Crippen LogP contribution < -0.4 is 20.7 Å². The lowest BCUT2D eigenvalue weighted by Crippen LogP contribution is -2.36. The molecule has 152 valence electrons. The summed E-state index contributed by atoms with van der Waals surface area (Å²) in [5, 5.41) is 3.46. The van der Waals surface area contributed by atoms with E-state index < -0.39 is 0 Å². The van der Waals surface area contributed by atoms with Gasteiger partial charge in [-0.1, -0.05) is 23.5 Å². The molecule has 1 aromatic heterocycles. The average molecular weight is 413 g/mol. The third kappa shape index (κ3) is 4.05. The lowest BCUT2D eigenvalue weighted by molar-refractivity contribution is 0.102. The number of rotatable bonds is 5. The predicted molar refractivity (Wildman–Crippen MR) is 116 cm³/mol. The Bertz CT molecular complexity index is 1010. The first-order valence-corrected chi connectivity index (χ1v) is 10.4. The number of carbonyl (C=O) groups excluding carboxylic acids is 1. The normalized spacial score (nSPS) is 15.3. The Hall–Kier alpha value is -2.68. The van der Waals surface area contributed by atoms with E-state index in [9.17, 15) is 4.79 Å². The molecule has 0 aliphatic carbocycles. The number of nitrogens with two attached hydrogens (primary N) is 1. The first-order valence-electron chi connectivity index (χ1n) is 9.54. The number of hydrogen-bond donors (Lipinski definition) is 2. The number of benzene rings is 2. The molecular formula is C21H24N4O3S. The van der Waals surface area contributed by atoms with Crippen LogP contribution in [0.15, 0.2) is 36.4 Å². The predicted octanol–water partition coefficient (Wildman–Crippen LogP) is 3.41. The summed E-state index contributed by atoms with van der Waals surface area (Å²) in [7, 11) is 1.63. The third-order valence-corrected chi connectivity index (χ3v) is 5.97. The minimum Gasteiger partial charge on any atom is -0.494 e. The molecule has 0 saturated carbocycles. The second kappa shape index (κ2) is 8.36. The van der Waals surface area contributed by atoms with E-state index in [4.69, 9.17) is 15.2 Å². The minimum absolute atomic E-state index is 0.0672. The zero-order valence-corrected chi connectivity index (χ0v) is 17.3. The number of morpholine rings is 1. The van der Waals surface area contributed by atoms with Crippen molar-refractivity contribution in [3.8, 4) is 5.75 Å². The summed E-state index contributed by atoms with van der Waals surface area (Å²) in [4.78, 5) is 19.6. The van der Waals surface area contributed by atoms with Crippen LogP contribution in [0, 0.1) is 0 Å². The van der Waals surface area contributed by atoms with E-state index in [2.05, 4.69) is 15.2 Å². The molecule has 1 aliphatic rings. The van der Waals surface area contributed by atoms with Gasteiger partial charge in [-0.2, -0.15) is 0 Å². The number of amides is 1. The van der Waals surface area contributed by atoms with E-state index in [-0.39, 0.29) is 11.9 Å².